The molecule has 1 saturated carbocycles. The fraction of sp³-hybridized carbons (Fsp3) is 0.500. The van der Waals surface area contributed by atoms with E-state index >= 15 is 0 Å². The predicted octanol–water partition coefficient (Wildman–Crippen LogP) is 2.56. The van der Waals surface area contributed by atoms with Gasteiger partial charge in [0.05, 0.1) is 14.2 Å². The molecule has 5 heteroatoms. The van der Waals surface area contributed by atoms with Gasteiger partial charge in [-0.05, 0) is 37.4 Å². The number of methoxy groups -OCH3 is 2. The molecule has 1 aromatic rings. The van der Waals surface area contributed by atoms with E-state index in [1.807, 2.05) is 0 Å². The van der Waals surface area contributed by atoms with E-state index in [9.17, 15) is 4.79 Å². The maximum atomic E-state index is 12.0. The van der Waals surface area contributed by atoms with Crippen LogP contribution in [0.5, 0.6) is 5.75 Å². The molecule has 0 saturated heterocycles. The van der Waals surface area contributed by atoms with Crippen LogP contribution in [0.4, 0.5) is 0 Å². The van der Waals surface area contributed by atoms with Crippen molar-refractivity contribution in [1.29, 1.82) is 0 Å². The highest BCUT2D eigenvalue weighted by atomic mass is 35.5. The van der Waals surface area contributed by atoms with Gasteiger partial charge in [0.2, 0.25) is 0 Å². The molecular weight excluding hydrogens is 266 g/mol. The zero-order chi connectivity index (χ0) is 13.8. The highest BCUT2D eigenvalue weighted by Crippen LogP contribution is 2.34. The van der Waals surface area contributed by atoms with Gasteiger partial charge in [0, 0.05) is 10.6 Å². The summed E-state index contributed by atoms with van der Waals surface area (Å²) in [5, 5.41) is 3.72. The van der Waals surface area contributed by atoms with Gasteiger partial charge in [-0.25, -0.2) is 4.79 Å². The molecule has 1 fully saturated rings. The number of esters is 1. The summed E-state index contributed by atoms with van der Waals surface area (Å²) in [5.41, 5.74) is 0.638. The zero-order valence-electron chi connectivity index (χ0n) is 11.1. The second kappa shape index (κ2) is 6.26. The summed E-state index contributed by atoms with van der Waals surface area (Å²) >= 11 is 6.21. The normalized spacial score (nSPS) is 15.9. The minimum Gasteiger partial charge on any atom is -0.496 e. The smallest absolute Gasteiger partial charge is 0.327 e. The summed E-state index contributed by atoms with van der Waals surface area (Å²) in [6.07, 6.45) is 2.42. The maximum Gasteiger partial charge on any atom is 0.327 e. The third-order valence-corrected chi connectivity index (χ3v) is 3.60. The van der Waals surface area contributed by atoms with E-state index in [1.165, 1.54) is 20.0 Å². The van der Waals surface area contributed by atoms with Crippen LogP contribution in [0, 0.1) is 5.92 Å². The van der Waals surface area contributed by atoms with E-state index in [2.05, 4.69) is 5.32 Å². The number of benzene rings is 1. The molecule has 1 unspecified atom stereocenters. The average Bonchev–Trinajstić information content (AvgIpc) is 3.24. The molecule has 0 heterocycles. The predicted molar refractivity (Wildman–Crippen MR) is 73.5 cm³/mol. The van der Waals surface area contributed by atoms with E-state index in [-0.39, 0.29) is 5.97 Å². The van der Waals surface area contributed by atoms with Crippen LogP contribution in [0.25, 0.3) is 0 Å². The molecule has 19 heavy (non-hydrogen) atoms. The average molecular weight is 284 g/mol. The van der Waals surface area contributed by atoms with E-state index in [0.29, 0.717) is 22.3 Å². The minimum atomic E-state index is -0.589. The van der Waals surface area contributed by atoms with Crippen LogP contribution in [-0.2, 0) is 9.53 Å². The Bertz CT molecular complexity index is 460. The molecule has 0 amide bonds. The molecule has 1 aliphatic rings. The molecule has 0 bridgehead atoms. The van der Waals surface area contributed by atoms with Crippen molar-refractivity contribution in [3.05, 3.63) is 28.8 Å². The van der Waals surface area contributed by atoms with Crippen LogP contribution in [-0.4, -0.2) is 26.7 Å². The van der Waals surface area contributed by atoms with Crippen LogP contribution in [0.1, 0.15) is 24.4 Å². The Morgan fingerprint density at radius 3 is 2.79 bits per heavy atom. The number of rotatable bonds is 6. The first-order chi connectivity index (χ1) is 9.17. The number of carbonyl (C=O) groups is 1. The number of ether oxygens (including phenoxy) is 2. The van der Waals surface area contributed by atoms with Crippen LogP contribution < -0.4 is 10.1 Å². The van der Waals surface area contributed by atoms with Crippen molar-refractivity contribution in [3.8, 4) is 5.75 Å². The van der Waals surface area contributed by atoms with E-state index < -0.39 is 6.04 Å². The number of halogens is 1. The first-order valence-corrected chi connectivity index (χ1v) is 6.68. The summed E-state index contributed by atoms with van der Waals surface area (Å²) in [6, 6.07) is 4.73. The van der Waals surface area contributed by atoms with Crippen molar-refractivity contribution >= 4 is 17.6 Å². The summed E-state index contributed by atoms with van der Waals surface area (Å²) in [6.45, 7) is 0.786. The lowest BCUT2D eigenvalue weighted by Crippen LogP contribution is -2.31. The highest BCUT2D eigenvalue weighted by Gasteiger charge is 2.29. The van der Waals surface area contributed by atoms with Crippen LogP contribution in [0.3, 0.4) is 0 Å². The van der Waals surface area contributed by atoms with Crippen LogP contribution in [0.15, 0.2) is 18.2 Å². The number of carbonyl (C=O) groups excluding carboxylic acids is 1. The van der Waals surface area contributed by atoms with Gasteiger partial charge in [-0.15, -0.1) is 0 Å². The molecule has 4 nitrogen and oxygen atoms in total. The second-order valence-corrected chi connectivity index (χ2v) is 5.07. The van der Waals surface area contributed by atoms with Crippen LogP contribution in [0.2, 0.25) is 5.02 Å². The molecular formula is C14H18ClNO3. The van der Waals surface area contributed by atoms with E-state index in [4.69, 9.17) is 21.1 Å². The first kappa shape index (κ1) is 14.2. The molecule has 0 aliphatic heterocycles. The largest absolute Gasteiger partial charge is 0.496 e. The van der Waals surface area contributed by atoms with E-state index in [1.54, 1.807) is 25.3 Å². The van der Waals surface area contributed by atoms with Gasteiger partial charge < -0.3 is 14.8 Å². The van der Waals surface area contributed by atoms with Crippen molar-refractivity contribution in [1.82, 2.24) is 5.32 Å². The molecule has 104 valence electrons. The monoisotopic (exact) mass is 283 g/mol. The Morgan fingerprint density at radius 1 is 1.47 bits per heavy atom. The second-order valence-electron chi connectivity index (χ2n) is 4.66. The molecule has 0 aromatic heterocycles. The molecule has 2 rings (SSSR count). The standard InChI is InChI=1S/C14H18ClNO3/c1-18-11-5-3-4-10(15)12(11)13(14(17)19-2)16-8-9-6-7-9/h3-5,9,13,16H,6-8H2,1-2H3. The van der Waals surface area contributed by atoms with Crippen molar-refractivity contribution < 1.29 is 14.3 Å². The van der Waals surface area contributed by atoms with Crippen molar-refractivity contribution in [2.24, 2.45) is 5.92 Å². The Morgan fingerprint density at radius 2 is 2.21 bits per heavy atom. The van der Waals surface area contributed by atoms with Gasteiger partial charge in [0.1, 0.15) is 11.8 Å². The topological polar surface area (TPSA) is 47.6 Å². The Hall–Kier alpha value is -1.26. The van der Waals surface area contributed by atoms with Gasteiger partial charge in [-0.2, -0.15) is 0 Å². The van der Waals surface area contributed by atoms with Crippen LogP contribution >= 0.6 is 11.6 Å². The lowest BCUT2D eigenvalue weighted by atomic mass is 10.1. The first-order valence-electron chi connectivity index (χ1n) is 6.31. The molecule has 1 aliphatic carbocycles. The molecule has 0 spiro atoms. The Balaban J connectivity index is 2.27. The van der Waals surface area contributed by atoms with Gasteiger partial charge in [0.25, 0.3) is 0 Å². The third kappa shape index (κ3) is 3.39. The quantitative estimate of drug-likeness (QED) is 0.815. The molecule has 1 atom stereocenters. The zero-order valence-corrected chi connectivity index (χ0v) is 11.9. The molecule has 1 aromatic carbocycles. The summed E-state index contributed by atoms with van der Waals surface area (Å²) in [4.78, 5) is 12.0. The fourth-order valence-electron chi connectivity index (χ4n) is 2.00. The van der Waals surface area contributed by atoms with Crippen molar-refractivity contribution in [2.45, 2.75) is 18.9 Å². The van der Waals surface area contributed by atoms with Crippen molar-refractivity contribution in [2.75, 3.05) is 20.8 Å². The third-order valence-electron chi connectivity index (χ3n) is 3.27. The Labute approximate surface area is 118 Å². The number of hydrogen-bond donors (Lipinski definition) is 1. The minimum absolute atomic E-state index is 0.355. The molecule has 1 N–H and O–H groups in total. The number of hydrogen-bond acceptors (Lipinski definition) is 4. The van der Waals surface area contributed by atoms with Crippen molar-refractivity contribution in [3.63, 3.8) is 0 Å². The Kier molecular flexibility index (Phi) is 4.66. The lowest BCUT2D eigenvalue weighted by Gasteiger charge is -2.20. The van der Waals surface area contributed by atoms with Gasteiger partial charge >= 0.3 is 5.97 Å². The summed E-state index contributed by atoms with van der Waals surface area (Å²) < 4.78 is 10.2. The SMILES string of the molecule is COC(=O)C(NCC1CC1)c1c(Cl)cccc1OC. The fourth-order valence-corrected chi connectivity index (χ4v) is 2.28. The highest BCUT2D eigenvalue weighted by molar-refractivity contribution is 6.31. The number of nitrogens with one attached hydrogen (secondary N) is 1. The summed E-state index contributed by atoms with van der Waals surface area (Å²) in [5.74, 6) is 0.888. The van der Waals surface area contributed by atoms with E-state index in [0.717, 1.165) is 6.54 Å². The maximum absolute atomic E-state index is 12.0. The van der Waals surface area contributed by atoms with Gasteiger partial charge in [-0.3, -0.25) is 0 Å². The van der Waals surface area contributed by atoms with Gasteiger partial charge in [0.15, 0.2) is 0 Å². The lowest BCUT2D eigenvalue weighted by molar-refractivity contribution is -0.143. The molecule has 0 radical (unpaired) electrons. The van der Waals surface area contributed by atoms with Gasteiger partial charge in [-0.1, -0.05) is 17.7 Å². The summed E-state index contributed by atoms with van der Waals surface area (Å²) in [7, 11) is 2.93.